The summed E-state index contributed by atoms with van der Waals surface area (Å²) in [4.78, 5) is 47.3. The standard InChI is InChI=1S/C40H28ClNO3/c1-25-22-23-30(41)24-31(25)42-36(43)34-35(37(42)44)40(29-20-12-5-13-21-29)33(27-16-8-3-9-17-27)32(26-14-6-2-7-15-26)39(34,38(40)45)28-18-10-4-11-19-28/h2-24,34-35H,1H3/t34-,35-,39+,40+/m1/s1. The lowest BCUT2D eigenvalue weighted by Gasteiger charge is -2.39. The second-order valence-corrected chi connectivity index (χ2v) is 12.5. The number of nitrogens with zero attached hydrogens (tertiary/aromatic N) is 1. The maximum atomic E-state index is 15.9. The van der Waals surface area contributed by atoms with Crippen molar-refractivity contribution in [3.63, 3.8) is 0 Å². The van der Waals surface area contributed by atoms with E-state index in [1.165, 1.54) is 4.90 Å². The Morgan fingerprint density at radius 1 is 0.556 bits per heavy atom. The third kappa shape index (κ3) is 3.46. The summed E-state index contributed by atoms with van der Waals surface area (Å²) in [6, 6.07) is 44.1. The number of hydrogen-bond donors (Lipinski definition) is 0. The molecule has 5 heteroatoms. The third-order valence-corrected chi connectivity index (χ3v) is 10.2. The van der Waals surface area contributed by atoms with Gasteiger partial charge in [0.05, 0.1) is 28.4 Å². The molecule has 2 aliphatic carbocycles. The molecular weight excluding hydrogens is 578 g/mol. The normalized spacial score (nSPS) is 25.3. The Morgan fingerprint density at radius 3 is 1.38 bits per heavy atom. The zero-order valence-electron chi connectivity index (χ0n) is 24.5. The van der Waals surface area contributed by atoms with E-state index < -0.39 is 22.7 Å². The Hall–Kier alpha value is -5.06. The van der Waals surface area contributed by atoms with Gasteiger partial charge in [0.2, 0.25) is 11.8 Å². The van der Waals surface area contributed by atoms with Crippen molar-refractivity contribution >= 4 is 46.0 Å². The van der Waals surface area contributed by atoms with Gasteiger partial charge in [0, 0.05) is 5.02 Å². The molecular formula is C40H28ClNO3. The predicted molar refractivity (Wildman–Crippen MR) is 177 cm³/mol. The van der Waals surface area contributed by atoms with Crippen LogP contribution in [-0.4, -0.2) is 17.6 Å². The van der Waals surface area contributed by atoms with Crippen molar-refractivity contribution in [1.29, 1.82) is 0 Å². The van der Waals surface area contributed by atoms with Gasteiger partial charge in [0.1, 0.15) is 0 Å². The number of amides is 2. The van der Waals surface area contributed by atoms with Crippen molar-refractivity contribution in [2.45, 2.75) is 17.8 Å². The number of allylic oxidation sites excluding steroid dienone is 2. The molecule has 4 nitrogen and oxygen atoms in total. The van der Waals surface area contributed by atoms with Crippen LogP contribution in [0, 0.1) is 18.8 Å². The van der Waals surface area contributed by atoms with Gasteiger partial charge in [-0.3, -0.25) is 14.4 Å². The largest absolute Gasteiger partial charge is 0.297 e. The lowest BCUT2D eigenvalue weighted by Crippen LogP contribution is -2.45. The number of imide groups is 1. The minimum atomic E-state index is -1.43. The van der Waals surface area contributed by atoms with Crippen LogP contribution in [0.1, 0.15) is 27.8 Å². The van der Waals surface area contributed by atoms with E-state index in [1.807, 2.05) is 134 Å². The number of halogens is 1. The predicted octanol–water partition coefficient (Wildman–Crippen LogP) is 7.84. The lowest BCUT2D eigenvalue weighted by molar-refractivity contribution is -0.130. The molecule has 8 rings (SSSR count). The Labute approximate surface area is 266 Å². The zero-order valence-corrected chi connectivity index (χ0v) is 25.2. The highest BCUT2D eigenvalue weighted by molar-refractivity contribution is 6.39. The summed E-state index contributed by atoms with van der Waals surface area (Å²) in [7, 11) is 0. The van der Waals surface area contributed by atoms with E-state index in [4.69, 9.17) is 11.6 Å². The summed E-state index contributed by atoms with van der Waals surface area (Å²) in [6.07, 6.45) is 0. The SMILES string of the molecule is Cc1ccc(Cl)cc1N1C(=O)[C@H]2[C@H](C1=O)[C@@]1(c3ccccc3)C(=O)[C@@]2(c2ccccc2)C(c2ccccc2)=C1c1ccccc1. The van der Waals surface area contributed by atoms with Crippen LogP contribution in [0.3, 0.4) is 0 Å². The van der Waals surface area contributed by atoms with Gasteiger partial charge in [-0.2, -0.15) is 0 Å². The first kappa shape index (κ1) is 27.5. The quantitative estimate of drug-likeness (QED) is 0.192. The molecule has 1 saturated heterocycles. The Balaban J connectivity index is 1.56. The molecule has 218 valence electrons. The Bertz CT molecular complexity index is 1920. The minimum absolute atomic E-state index is 0.135. The maximum Gasteiger partial charge on any atom is 0.239 e. The maximum absolute atomic E-state index is 15.9. The fourth-order valence-corrected chi connectivity index (χ4v) is 8.56. The summed E-state index contributed by atoms with van der Waals surface area (Å²) in [5.41, 5.74) is 3.02. The number of fused-ring (bicyclic) bond motifs is 5. The highest BCUT2D eigenvalue weighted by Crippen LogP contribution is 2.74. The van der Waals surface area contributed by atoms with Gasteiger partial charge in [-0.15, -0.1) is 0 Å². The van der Waals surface area contributed by atoms with Crippen molar-refractivity contribution in [1.82, 2.24) is 0 Å². The Morgan fingerprint density at radius 2 is 0.956 bits per heavy atom. The first-order chi connectivity index (χ1) is 21.9. The molecule has 0 unspecified atom stereocenters. The monoisotopic (exact) mass is 605 g/mol. The van der Waals surface area contributed by atoms with Crippen LogP contribution in [0.4, 0.5) is 5.69 Å². The molecule has 1 aliphatic heterocycles. The number of ketones is 1. The molecule has 3 aliphatic rings. The lowest BCUT2D eigenvalue weighted by atomic mass is 9.59. The zero-order chi connectivity index (χ0) is 30.9. The number of rotatable bonds is 5. The molecule has 0 radical (unpaired) electrons. The molecule has 45 heavy (non-hydrogen) atoms. The molecule has 2 bridgehead atoms. The average molecular weight is 606 g/mol. The summed E-state index contributed by atoms with van der Waals surface area (Å²) in [5, 5.41) is 0.427. The molecule has 0 aromatic heterocycles. The topological polar surface area (TPSA) is 54.5 Å². The van der Waals surface area contributed by atoms with Crippen molar-refractivity contribution in [2.24, 2.45) is 11.8 Å². The number of benzene rings is 5. The van der Waals surface area contributed by atoms with Crippen molar-refractivity contribution in [3.8, 4) is 0 Å². The number of carbonyl (C=O) groups excluding carboxylic acids is 3. The smallest absolute Gasteiger partial charge is 0.239 e. The first-order valence-electron chi connectivity index (χ1n) is 15.1. The first-order valence-corrected chi connectivity index (χ1v) is 15.5. The van der Waals surface area contributed by atoms with Crippen molar-refractivity contribution in [3.05, 3.63) is 172 Å². The van der Waals surface area contributed by atoms with Gasteiger partial charge in [-0.1, -0.05) is 139 Å². The van der Waals surface area contributed by atoms with Gasteiger partial charge in [0.25, 0.3) is 0 Å². The van der Waals surface area contributed by atoms with Gasteiger partial charge >= 0.3 is 0 Å². The third-order valence-electron chi connectivity index (χ3n) is 9.99. The summed E-state index contributed by atoms with van der Waals surface area (Å²) in [5.74, 6) is -2.84. The second kappa shape index (κ2) is 9.98. The van der Waals surface area contributed by atoms with Crippen LogP contribution < -0.4 is 4.90 Å². The molecule has 0 N–H and O–H groups in total. The number of aryl methyl sites for hydroxylation is 1. The van der Waals surface area contributed by atoms with E-state index in [2.05, 4.69) is 0 Å². The molecule has 5 aromatic carbocycles. The minimum Gasteiger partial charge on any atom is -0.297 e. The Kier molecular flexibility index (Phi) is 6.10. The number of carbonyl (C=O) groups is 3. The fraction of sp³-hybridized carbons (Fsp3) is 0.125. The van der Waals surface area contributed by atoms with Crippen LogP contribution in [0.5, 0.6) is 0 Å². The van der Waals surface area contributed by atoms with E-state index in [-0.39, 0.29) is 17.6 Å². The van der Waals surface area contributed by atoms with Crippen LogP contribution >= 0.6 is 11.6 Å². The highest BCUT2D eigenvalue weighted by atomic mass is 35.5. The van der Waals surface area contributed by atoms with Crippen LogP contribution in [-0.2, 0) is 25.2 Å². The van der Waals surface area contributed by atoms with Gasteiger partial charge in [-0.25, -0.2) is 4.90 Å². The molecule has 2 amide bonds. The van der Waals surface area contributed by atoms with E-state index in [0.717, 1.165) is 27.8 Å². The van der Waals surface area contributed by atoms with E-state index in [1.54, 1.807) is 12.1 Å². The number of Topliss-reactive ketones (excluding diaryl/α,β-unsaturated/α-hetero) is 1. The van der Waals surface area contributed by atoms with Gasteiger partial charge in [-0.05, 0) is 58.0 Å². The molecule has 1 heterocycles. The molecule has 1 saturated carbocycles. The van der Waals surface area contributed by atoms with Gasteiger partial charge in [0.15, 0.2) is 5.78 Å². The molecule has 5 aromatic rings. The van der Waals surface area contributed by atoms with E-state index in [0.29, 0.717) is 21.8 Å². The van der Waals surface area contributed by atoms with Crippen LogP contribution in [0.15, 0.2) is 140 Å². The fourth-order valence-electron chi connectivity index (χ4n) is 8.39. The van der Waals surface area contributed by atoms with Crippen molar-refractivity contribution in [2.75, 3.05) is 4.90 Å². The van der Waals surface area contributed by atoms with E-state index >= 15 is 14.4 Å². The van der Waals surface area contributed by atoms with Gasteiger partial charge < -0.3 is 0 Å². The second-order valence-electron chi connectivity index (χ2n) is 12.1. The highest BCUT2D eigenvalue weighted by Gasteiger charge is 2.82. The molecule has 4 atom stereocenters. The summed E-state index contributed by atoms with van der Waals surface area (Å²) in [6.45, 7) is 1.86. The average Bonchev–Trinajstić information content (AvgIpc) is 3.59. The molecule has 2 fully saturated rings. The van der Waals surface area contributed by atoms with Crippen LogP contribution in [0.25, 0.3) is 11.1 Å². The van der Waals surface area contributed by atoms with E-state index in [9.17, 15) is 0 Å². The van der Waals surface area contributed by atoms with Crippen LogP contribution in [0.2, 0.25) is 5.02 Å². The summed E-state index contributed by atoms with van der Waals surface area (Å²) >= 11 is 6.45. The number of anilines is 1. The summed E-state index contributed by atoms with van der Waals surface area (Å²) < 4.78 is 0. The molecule has 0 spiro atoms. The van der Waals surface area contributed by atoms with Crippen molar-refractivity contribution < 1.29 is 14.4 Å². The number of hydrogen-bond acceptors (Lipinski definition) is 3.